The quantitative estimate of drug-likeness (QED) is 0.878. The Kier molecular flexibility index (Phi) is 5.71. The molecule has 120 valence electrons. The number of aryl methyl sites for hydroxylation is 1. The topological polar surface area (TPSA) is 58.2 Å². The molecule has 0 fully saturated rings. The van der Waals surface area contributed by atoms with E-state index in [4.69, 9.17) is 11.6 Å². The Balaban J connectivity index is 1.80. The average molecular weight is 335 g/mol. The Labute approximate surface area is 138 Å². The van der Waals surface area contributed by atoms with Gasteiger partial charge in [-0.2, -0.15) is 0 Å². The number of amides is 2. The largest absolute Gasteiger partial charge is 0.352 e. The third-order valence-corrected chi connectivity index (χ3v) is 3.41. The van der Waals surface area contributed by atoms with Crippen LogP contribution in [0.15, 0.2) is 42.5 Å². The van der Waals surface area contributed by atoms with E-state index in [0.717, 1.165) is 5.56 Å². The normalized spacial score (nSPS) is 10.2. The number of anilines is 1. The molecule has 0 aliphatic rings. The van der Waals surface area contributed by atoms with Crippen LogP contribution in [0.1, 0.15) is 22.3 Å². The second kappa shape index (κ2) is 7.74. The molecule has 0 unspecified atom stereocenters. The second-order valence-corrected chi connectivity index (χ2v) is 5.46. The van der Waals surface area contributed by atoms with Crippen LogP contribution in [-0.2, 0) is 4.79 Å². The Morgan fingerprint density at radius 3 is 2.65 bits per heavy atom. The maximum Gasteiger partial charge on any atom is 0.251 e. The fourth-order valence-electron chi connectivity index (χ4n) is 1.98. The van der Waals surface area contributed by atoms with Crippen molar-refractivity contribution in [2.45, 2.75) is 13.3 Å². The van der Waals surface area contributed by atoms with Crippen LogP contribution in [0.4, 0.5) is 10.1 Å². The lowest BCUT2D eigenvalue weighted by molar-refractivity contribution is -0.116. The van der Waals surface area contributed by atoms with Crippen molar-refractivity contribution >= 4 is 29.1 Å². The van der Waals surface area contributed by atoms with Gasteiger partial charge in [-0.15, -0.1) is 0 Å². The van der Waals surface area contributed by atoms with Gasteiger partial charge >= 0.3 is 0 Å². The van der Waals surface area contributed by atoms with Crippen molar-refractivity contribution in [2.24, 2.45) is 0 Å². The molecule has 0 aliphatic carbocycles. The molecule has 0 saturated carbocycles. The van der Waals surface area contributed by atoms with Crippen LogP contribution in [0.2, 0.25) is 5.02 Å². The van der Waals surface area contributed by atoms with Crippen LogP contribution in [0, 0.1) is 12.7 Å². The zero-order valence-electron chi connectivity index (χ0n) is 12.5. The number of nitrogens with one attached hydrogen (secondary N) is 2. The van der Waals surface area contributed by atoms with Gasteiger partial charge in [-0.25, -0.2) is 4.39 Å². The minimum absolute atomic E-state index is 0.0597. The lowest BCUT2D eigenvalue weighted by atomic mass is 10.1. The van der Waals surface area contributed by atoms with E-state index < -0.39 is 5.82 Å². The summed E-state index contributed by atoms with van der Waals surface area (Å²) in [7, 11) is 0. The SMILES string of the molecule is Cc1cccc(C(=O)NCCC(=O)Nc2ccc(F)c(Cl)c2)c1. The number of hydrogen-bond donors (Lipinski definition) is 2. The van der Waals surface area contributed by atoms with E-state index in [1.165, 1.54) is 18.2 Å². The number of carbonyl (C=O) groups excluding carboxylic acids is 2. The maximum absolute atomic E-state index is 13.0. The number of rotatable bonds is 5. The molecule has 0 aromatic heterocycles. The van der Waals surface area contributed by atoms with Gasteiger partial charge in [0.2, 0.25) is 5.91 Å². The summed E-state index contributed by atoms with van der Waals surface area (Å²) in [6, 6.07) is 11.1. The van der Waals surface area contributed by atoms with Gasteiger partial charge in [0.15, 0.2) is 0 Å². The molecule has 2 amide bonds. The molecule has 2 rings (SSSR count). The molecule has 0 aliphatic heterocycles. The van der Waals surface area contributed by atoms with Gasteiger partial charge in [-0.1, -0.05) is 29.3 Å². The first-order chi connectivity index (χ1) is 11.0. The van der Waals surface area contributed by atoms with Crippen LogP contribution < -0.4 is 10.6 Å². The monoisotopic (exact) mass is 334 g/mol. The summed E-state index contributed by atoms with van der Waals surface area (Å²) in [5.41, 5.74) is 1.95. The summed E-state index contributed by atoms with van der Waals surface area (Å²) < 4.78 is 13.0. The number of hydrogen-bond acceptors (Lipinski definition) is 2. The van der Waals surface area contributed by atoms with Crippen molar-refractivity contribution in [1.29, 1.82) is 0 Å². The van der Waals surface area contributed by atoms with E-state index in [2.05, 4.69) is 10.6 Å². The van der Waals surface area contributed by atoms with Gasteiger partial charge in [0.25, 0.3) is 5.91 Å². The van der Waals surface area contributed by atoms with Crippen LogP contribution in [0.5, 0.6) is 0 Å². The van der Waals surface area contributed by atoms with Crippen molar-refractivity contribution in [1.82, 2.24) is 5.32 Å². The van der Waals surface area contributed by atoms with E-state index in [1.807, 2.05) is 13.0 Å². The highest BCUT2D eigenvalue weighted by atomic mass is 35.5. The molecule has 0 radical (unpaired) electrons. The van der Waals surface area contributed by atoms with Crippen molar-refractivity contribution in [3.8, 4) is 0 Å². The second-order valence-electron chi connectivity index (χ2n) is 5.05. The van der Waals surface area contributed by atoms with Gasteiger partial charge in [-0.3, -0.25) is 9.59 Å². The standard InChI is InChI=1S/C17H16ClFN2O2/c1-11-3-2-4-12(9-11)17(23)20-8-7-16(22)21-13-5-6-15(19)14(18)10-13/h2-6,9-10H,7-8H2,1H3,(H,20,23)(H,21,22). The first-order valence-electron chi connectivity index (χ1n) is 7.05. The molecule has 2 aromatic rings. The van der Waals surface area contributed by atoms with Gasteiger partial charge < -0.3 is 10.6 Å². The lowest BCUT2D eigenvalue weighted by Gasteiger charge is -2.08. The smallest absolute Gasteiger partial charge is 0.251 e. The fourth-order valence-corrected chi connectivity index (χ4v) is 2.16. The first-order valence-corrected chi connectivity index (χ1v) is 7.43. The van der Waals surface area contributed by atoms with E-state index in [1.54, 1.807) is 18.2 Å². The summed E-state index contributed by atoms with van der Waals surface area (Å²) in [6.07, 6.45) is 0.104. The Morgan fingerprint density at radius 2 is 1.96 bits per heavy atom. The van der Waals surface area contributed by atoms with E-state index in [-0.39, 0.29) is 29.8 Å². The highest BCUT2D eigenvalue weighted by Crippen LogP contribution is 2.19. The molecule has 4 nitrogen and oxygen atoms in total. The molecule has 0 heterocycles. The number of benzene rings is 2. The number of carbonyl (C=O) groups is 2. The molecule has 23 heavy (non-hydrogen) atoms. The van der Waals surface area contributed by atoms with E-state index in [9.17, 15) is 14.0 Å². The van der Waals surface area contributed by atoms with Gasteiger partial charge in [0.05, 0.1) is 5.02 Å². The van der Waals surface area contributed by atoms with Gasteiger partial charge in [-0.05, 0) is 37.3 Å². The third kappa shape index (κ3) is 5.07. The van der Waals surface area contributed by atoms with Crippen molar-refractivity contribution in [3.05, 3.63) is 64.4 Å². The molecule has 2 N–H and O–H groups in total. The van der Waals surface area contributed by atoms with Gasteiger partial charge in [0.1, 0.15) is 5.82 Å². The predicted molar refractivity (Wildman–Crippen MR) is 88.2 cm³/mol. The van der Waals surface area contributed by atoms with Crippen LogP contribution in [0.25, 0.3) is 0 Å². The highest BCUT2D eigenvalue weighted by molar-refractivity contribution is 6.31. The van der Waals surface area contributed by atoms with E-state index >= 15 is 0 Å². The Morgan fingerprint density at radius 1 is 1.17 bits per heavy atom. The summed E-state index contributed by atoms with van der Waals surface area (Å²) in [6.45, 7) is 2.10. The van der Waals surface area contributed by atoms with Crippen molar-refractivity contribution in [2.75, 3.05) is 11.9 Å². The molecule has 0 saturated heterocycles. The van der Waals surface area contributed by atoms with E-state index in [0.29, 0.717) is 11.3 Å². The zero-order chi connectivity index (χ0) is 16.8. The molecule has 0 bridgehead atoms. The predicted octanol–water partition coefficient (Wildman–Crippen LogP) is 3.55. The molecular weight excluding hydrogens is 319 g/mol. The average Bonchev–Trinajstić information content (AvgIpc) is 2.51. The first kappa shape index (κ1) is 17.0. The van der Waals surface area contributed by atoms with Crippen molar-refractivity contribution in [3.63, 3.8) is 0 Å². The highest BCUT2D eigenvalue weighted by Gasteiger charge is 2.08. The summed E-state index contributed by atoms with van der Waals surface area (Å²) in [5.74, 6) is -1.07. The van der Waals surface area contributed by atoms with Crippen LogP contribution in [-0.4, -0.2) is 18.4 Å². The molecule has 0 spiro atoms. The third-order valence-electron chi connectivity index (χ3n) is 3.12. The summed E-state index contributed by atoms with van der Waals surface area (Å²) in [4.78, 5) is 23.7. The minimum atomic E-state index is -0.546. The Bertz CT molecular complexity index is 734. The van der Waals surface area contributed by atoms with Gasteiger partial charge in [0, 0.05) is 24.2 Å². The zero-order valence-corrected chi connectivity index (χ0v) is 13.3. The molecule has 6 heteroatoms. The molecule has 0 atom stereocenters. The maximum atomic E-state index is 13.0. The summed E-state index contributed by atoms with van der Waals surface area (Å²) >= 11 is 5.64. The summed E-state index contributed by atoms with van der Waals surface area (Å²) in [5, 5.41) is 5.21. The van der Waals surface area contributed by atoms with Crippen LogP contribution in [0.3, 0.4) is 0 Å². The Hall–Kier alpha value is -2.40. The fraction of sp³-hybridized carbons (Fsp3) is 0.176. The molecular formula is C17H16ClFN2O2. The minimum Gasteiger partial charge on any atom is -0.352 e. The lowest BCUT2D eigenvalue weighted by Crippen LogP contribution is -2.27. The molecule has 2 aromatic carbocycles. The van der Waals surface area contributed by atoms with Crippen LogP contribution >= 0.6 is 11.6 Å². The van der Waals surface area contributed by atoms with Crippen molar-refractivity contribution < 1.29 is 14.0 Å². The number of halogens is 2.